The van der Waals surface area contributed by atoms with Crippen molar-refractivity contribution >= 4 is 21.9 Å². The van der Waals surface area contributed by atoms with Crippen molar-refractivity contribution in [2.24, 2.45) is 0 Å². The van der Waals surface area contributed by atoms with Crippen molar-refractivity contribution in [3.8, 4) is 17.2 Å². The van der Waals surface area contributed by atoms with Crippen LogP contribution in [0.15, 0.2) is 28.8 Å². The Morgan fingerprint density at radius 1 is 1.21 bits per heavy atom. The van der Waals surface area contributed by atoms with E-state index in [1.54, 1.807) is 19.1 Å². The highest BCUT2D eigenvalue weighted by Gasteiger charge is 2.18. The summed E-state index contributed by atoms with van der Waals surface area (Å²) in [4.78, 5) is 11.6. The maximum absolute atomic E-state index is 11.6. The third kappa shape index (κ3) is 3.99. The number of benzene rings is 1. The number of carbonyl (C=O) groups excluding carboxylic acids is 1. The van der Waals surface area contributed by atoms with Crippen LogP contribution in [0, 0.1) is 0 Å². The fourth-order valence-corrected chi connectivity index (χ4v) is 1.77. The molecule has 0 aromatic heterocycles. The van der Waals surface area contributed by atoms with Crippen LogP contribution >= 0.6 is 15.9 Å². The lowest BCUT2D eigenvalue weighted by molar-refractivity contribution is -0.130. The van der Waals surface area contributed by atoms with Crippen molar-refractivity contribution in [1.29, 1.82) is 0 Å². The smallest absolute Gasteiger partial charge is 0.338 e. The van der Waals surface area contributed by atoms with Gasteiger partial charge in [-0.05, 0) is 48.8 Å². The fourth-order valence-electron chi connectivity index (χ4n) is 1.35. The molecule has 0 saturated carbocycles. The first-order valence-electron chi connectivity index (χ1n) is 5.97. The Balaban J connectivity index is 3.19. The van der Waals surface area contributed by atoms with Crippen molar-refractivity contribution in [1.82, 2.24) is 0 Å². The first kappa shape index (κ1) is 15.6. The minimum Gasteiger partial charge on any atom is -0.489 e. The van der Waals surface area contributed by atoms with Crippen LogP contribution in [-0.4, -0.2) is 19.2 Å². The lowest BCUT2D eigenvalue weighted by Gasteiger charge is -2.16. The molecule has 19 heavy (non-hydrogen) atoms. The standard InChI is InChI=1S/C14H17BrO4/c1-5-17-12-10(15)7-8-11(13(12)18-6-2)19-14(16)9(3)4/h7-8H,3,5-6H2,1-2,4H3. The van der Waals surface area contributed by atoms with Crippen molar-refractivity contribution < 1.29 is 19.0 Å². The Hall–Kier alpha value is -1.49. The van der Waals surface area contributed by atoms with Crippen molar-refractivity contribution in [3.63, 3.8) is 0 Å². The van der Waals surface area contributed by atoms with Gasteiger partial charge in [-0.1, -0.05) is 6.58 Å². The number of carbonyl (C=O) groups is 1. The Labute approximate surface area is 121 Å². The maximum atomic E-state index is 11.6. The van der Waals surface area contributed by atoms with E-state index in [4.69, 9.17) is 14.2 Å². The molecule has 0 spiro atoms. The summed E-state index contributed by atoms with van der Waals surface area (Å²) in [7, 11) is 0. The lowest BCUT2D eigenvalue weighted by atomic mass is 10.3. The van der Waals surface area contributed by atoms with Gasteiger partial charge in [-0.15, -0.1) is 0 Å². The van der Waals surface area contributed by atoms with E-state index in [1.165, 1.54) is 0 Å². The molecular weight excluding hydrogens is 312 g/mol. The van der Waals surface area contributed by atoms with Crippen LogP contribution in [-0.2, 0) is 4.79 Å². The van der Waals surface area contributed by atoms with Gasteiger partial charge in [0.1, 0.15) is 0 Å². The number of esters is 1. The predicted octanol–water partition coefficient (Wildman–Crippen LogP) is 3.73. The molecule has 1 rings (SSSR count). The molecule has 0 heterocycles. The van der Waals surface area contributed by atoms with Gasteiger partial charge < -0.3 is 14.2 Å². The van der Waals surface area contributed by atoms with Crippen LogP contribution in [0.4, 0.5) is 0 Å². The molecule has 0 N–H and O–H groups in total. The van der Waals surface area contributed by atoms with E-state index in [1.807, 2.05) is 13.8 Å². The van der Waals surface area contributed by atoms with Gasteiger partial charge in [-0.3, -0.25) is 0 Å². The van der Waals surface area contributed by atoms with Gasteiger partial charge >= 0.3 is 5.97 Å². The molecule has 0 atom stereocenters. The van der Waals surface area contributed by atoms with Crippen LogP contribution < -0.4 is 14.2 Å². The van der Waals surface area contributed by atoms with E-state index < -0.39 is 5.97 Å². The molecule has 0 fully saturated rings. The topological polar surface area (TPSA) is 44.8 Å². The lowest BCUT2D eigenvalue weighted by Crippen LogP contribution is -2.10. The van der Waals surface area contributed by atoms with E-state index in [0.29, 0.717) is 36.0 Å². The van der Waals surface area contributed by atoms with Crippen LogP contribution in [0.3, 0.4) is 0 Å². The largest absolute Gasteiger partial charge is 0.489 e. The van der Waals surface area contributed by atoms with Gasteiger partial charge in [0.15, 0.2) is 11.5 Å². The average molecular weight is 329 g/mol. The molecule has 0 aliphatic heterocycles. The molecule has 1 aromatic carbocycles. The van der Waals surface area contributed by atoms with Gasteiger partial charge in [-0.25, -0.2) is 4.79 Å². The average Bonchev–Trinajstić information content (AvgIpc) is 2.36. The van der Waals surface area contributed by atoms with Crippen LogP contribution in [0.1, 0.15) is 20.8 Å². The van der Waals surface area contributed by atoms with Crippen molar-refractivity contribution in [2.75, 3.05) is 13.2 Å². The molecule has 4 nitrogen and oxygen atoms in total. The predicted molar refractivity (Wildman–Crippen MR) is 76.9 cm³/mol. The third-order valence-corrected chi connectivity index (χ3v) is 2.78. The summed E-state index contributed by atoms with van der Waals surface area (Å²) < 4.78 is 17.0. The normalized spacial score (nSPS) is 9.89. The molecule has 0 radical (unpaired) electrons. The molecule has 0 unspecified atom stereocenters. The first-order valence-corrected chi connectivity index (χ1v) is 6.76. The molecule has 0 aliphatic rings. The SMILES string of the molecule is C=C(C)C(=O)Oc1ccc(Br)c(OCC)c1OCC. The Kier molecular flexibility index (Phi) is 5.89. The van der Waals surface area contributed by atoms with Crippen LogP contribution in [0.5, 0.6) is 17.2 Å². The highest BCUT2D eigenvalue weighted by atomic mass is 79.9. The summed E-state index contributed by atoms with van der Waals surface area (Å²) in [5.41, 5.74) is 0.323. The van der Waals surface area contributed by atoms with Gasteiger partial charge in [0, 0.05) is 5.57 Å². The van der Waals surface area contributed by atoms with Crippen molar-refractivity contribution in [2.45, 2.75) is 20.8 Å². The number of rotatable bonds is 6. The van der Waals surface area contributed by atoms with Gasteiger partial charge in [0.05, 0.1) is 17.7 Å². The quantitative estimate of drug-likeness (QED) is 0.453. The van der Waals surface area contributed by atoms with Crippen molar-refractivity contribution in [3.05, 3.63) is 28.8 Å². The molecule has 0 bridgehead atoms. The second-order valence-electron chi connectivity index (χ2n) is 3.74. The maximum Gasteiger partial charge on any atom is 0.338 e. The monoisotopic (exact) mass is 328 g/mol. The Morgan fingerprint density at radius 2 is 1.79 bits per heavy atom. The highest BCUT2D eigenvalue weighted by Crippen LogP contribution is 2.43. The van der Waals surface area contributed by atoms with Crippen LogP contribution in [0.25, 0.3) is 0 Å². The molecule has 0 saturated heterocycles. The summed E-state index contributed by atoms with van der Waals surface area (Å²) in [6.07, 6.45) is 0. The van der Waals surface area contributed by atoms with E-state index in [-0.39, 0.29) is 0 Å². The number of halogens is 1. The highest BCUT2D eigenvalue weighted by molar-refractivity contribution is 9.10. The zero-order valence-electron chi connectivity index (χ0n) is 11.3. The molecule has 104 valence electrons. The summed E-state index contributed by atoms with van der Waals surface area (Å²) in [5.74, 6) is 0.761. The second-order valence-corrected chi connectivity index (χ2v) is 4.59. The van der Waals surface area contributed by atoms with Gasteiger partial charge in [0.2, 0.25) is 5.75 Å². The van der Waals surface area contributed by atoms with Gasteiger partial charge in [-0.2, -0.15) is 0 Å². The molecule has 0 amide bonds. The Bertz CT molecular complexity index is 483. The van der Waals surface area contributed by atoms with E-state index in [2.05, 4.69) is 22.5 Å². The van der Waals surface area contributed by atoms with Crippen LogP contribution in [0.2, 0.25) is 0 Å². The molecule has 5 heteroatoms. The van der Waals surface area contributed by atoms with E-state index in [9.17, 15) is 4.79 Å². The van der Waals surface area contributed by atoms with E-state index >= 15 is 0 Å². The molecule has 0 aliphatic carbocycles. The summed E-state index contributed by atoms with van der Waals surface area (Å²) >= 11 is 3.38. The summed E-state index contributed by atoms with van der Waals surface area (Å²) in [6, 6.07) is 3.40. The minimum atomic E-state index is -0.495. The number of hydrogen-bond acceptors (Lipinski definition) is 4. The fraction of sp³-hybridized carbons (Fsp3) is 0.357. The summed E-state index contributed by atoms with van der Waals surface area (Å²) in [5, 5.41) is 0. The first-order chi connectivity index (χ1) is 9.01. The summed E-state index contributed by atoms with van der Waals surface area (Å²) in [6.45, 7) is 9.77. The third-order valence-electron chi connectivity index (χ3n) is 2.16. The van der Waals surface area contributed by atoms with E-state index in [0.717, 1.165) is 4.47 Å². The molecular formula is C14H17BrO4. The van der Waals surface area contributed by atoms with Gasteiger partial charge in [0.25, 0.3) is 0 Å². The number of hydrogen-bond donors (Lipinski definition) is 0. The Morgan fingerprint density at radius 3 is 2.32 bits per heavy atom. The molecule has 1 aromatic rings. The zero-order valence-corrected chi connectivity index (χ0v) is 12.9. The second kappa shape index (κ2) is 7.19. The zero-order chi connectivity index (χ0) is 14.4. The number of ether oxygens (including phenoxy) is 3. The minimum absolute atomic E-state index is 0.321.